The number of aromatic nitrogens is 1. The number of carbonyl (C=O) groups is 1. The molecule has 0 spiro atoms. The van der Waals surface area contributed by atoms with Crippen LogP contribution in [0.4, 0.5) is 4.39 Å². The predicted octanol–water partition coefficient (Wildman–Crippen LogP) is 3.06. The van der Waals surface area contributed by atoms with E-state index in [-0.39, 0.29) is 11.7 Å². The summed E-state index contributed by atoms with van der Waals surface area (Å²) in [6.45, 7) is 1.24. The van der Waals surface area contributed by atoms with E-state index < -0.39 is 0 Å². The number of hydrogen-bond acceptors (Lipinski definition) is 2. The highest BCUT2D eigenvalue weighted by Gasteiger charge is 2.22. The Bertz CT molecular complexity index is 980. The van der Waals surface area contributed by atoms with Gasteiger partial charge in [-0.2, -0.15) is 5.26 Å². The number of carbonyl (C=O) groups excluding carboxylic acids is 1. The number of hydrogen-bond donors (Lipinski definition) is 1. The average Bonchev–Trinajstić information content (AvgIpc) is 2.95. The number of nitrogens with one attached hydrogen (secondary N) is 1. The first-order chi connectivity index (χ1) is 11.2. The van der Waals surface area contributed by atoms with Crippen LogP contribution in [0, 0.1) is 17.1 Å². The number of nitriles is 1. The van der Waals surface area contributed by atoms with Crippen molar-refractivity contribution in [2.24, 2.45) is 0 Å². The highest BCUT2D eigenvalue weighted by atomic mass is 19.1. The van der Waals surface area contributed by atoms with E-state index >= 15 is 0 Å². The quantitative estimate of drug-likeness (QED) is 0.751. The van der Waals surface area contributed by atoms with Crippen LogP contribution in [0.3, 0.4) is 0 Å². The lowest BCUT2D eigenvalue weighted by Crippen LogP contribution is -2.34. The molecule has 0 atom stereocenters. The summed E-state index contributed by atoms with van der Waals surface area (Å²) >= 11 is 0. The van der Waals surface area contributed by atoms with Gasteiger partial charge in [0.15, 0.2) is 0 Å². The van der Waals surface area contributed by atoms with Gasteiger partial charge in [0.05, 0.1) is 17.1 Å². The van der Waals surface area contributed by atoms with E-state index in [4.69, 9.17) is 0 Å². The zero-order valence-electron chi connectivity index (χ0n) is 12.1. The van der Waals surface area contributed by atoms with Gasteiger partial charge in [-0.25, -0.2) is 4.39 Å². The number of nitrogens with zero attached hydrogens (tertiary/aromatic N) is 2. The third kappa shape index (κ3) is 2.08. The SMILES string of the molecule is N#Cc1cc(-c2ccc(F)cc2)c2c(c1)cc1n2CCNC1=O. The van der Waals surface area contributed by atoms with Gasteiger partial charge >= 0.3 is 0 Å². The van der Waals surface area contributed by atoms with Crippen molar-refractivity contribution in [1.29, 1.82) is 5.26 Å². The van der Waals surface area contributed by atoms with Crippen LogP contribution in [0.2, 0.25) is 0 Å². The van der Waals surface area contributed by atoms with Gasteiger partial charge in [0.25, 0.3) is 5.91 Å². The van der Waals surface area contributed by atoms with E-state index in [0.29, 0.717) is 24.3 Å². The molecular formula is C18H12FN3O. The molecule has 4 nitrogen and oxygen atoms in total. The van der Waals surface area contributed by atoms with E-state index in [9.17, 15) is 14.4 Å². The minimum atomic E-state index is -0.307. The summed E-state index contributed by atoms with van der Waals surface area (Å²) in [4.78, 5) is 12.1. The first kappa shape index (κ1) is 13.5. The van der Waals surface area contributed by atoms with Gasteiger partial charge in [-0.05, 0) is 35.9 Å². The maximum atomic E-state index is 13.2. The fourth-order valence-corrected chi connectivity index (χ4v) is 3.12. The Balaban J connectivity index is 2.07. The van der Waals surface area contributed by atoms with E-state index in [2.05, 4.69) is 11.4 Å². The lowest BCUT2D eigenvalue weighted by Gasteiger charge is -2.18. The summed E-state index contributed by atoms with van der Waals surface area (Å²) in [5.74, 6) is -0.422. The van der Waals surface area contributed by atoms with Crippen LogP contribution >= 0.6 is 0 Å². The van der Waals surface area contributed by atoms with Gasteiger partial charge in [0.1, 0.15) is 11.5 Å². The molecule has 0 fully saturated rings. The van der Waals surface area contributed by atoms with Crippen molar-refractivity contribution in [3.8, 4) is 17.2 Å². The van der Waals surface area contributed by atoms with Gasteiger partial charge in [0, 0.05) is 24.0 Å². The van der Waals surface area contributed by atoms with Gasteiger partial charge in [-0.3, -0.25) is 4.79 Å². The van der Waals surface area contributed by atoms with Crippen molar-refractivity contribution in [3.05, 3.63) is 59.5 Å². The Morgan fingerprint density at radius 2 is 1.96 bits per heavy atom. The van der Waals surface area contributed by atoms with Gasteiger partial charge in [-0.15, -0.1) is 0 Å². The largest absolute Gasteiger partial charge is 0.349 e. The van der Waals surface area contributed by atoms with Crippen molar-refractivity contribution >= 4 is 16.8 Å². The van der Waals surface area contributed by atoms with Crippen LogP contribution in [-0.4, -0.2) is 17.0 Å². The summed E-state index contributed by atoms with van der Waals surface area (Å²) in [7, 11) is 0. The Morgan fingerprint density at radius 1 is 1.17 bits per heavy atom. The Labute approximate surface area is 131 Å². The van der Waals surface area contributed by atoms with E-state index in [1.54, 1.807) is 30.3 Å². The van der Waals surface area contributed by atoms with Crippen molar-refractivity contribution in [2.75, 3.05) is 6.54 Å². The zero-order valence-corrected chi connectivity index (χ0v) is 12.1. The summed E-state index contributed by atoms with van der Waals surface area (Å²) in [6, 6.07) is 13.7. The van der Waals surface area contributed by atoms with E-state index in [0.717, 1.165) is 22.0 Å². The fraction of sp³-hybridized carbons (Fsp3) is 0.111. The van der Waals surface area contributed by atoms with Crippen molar-refractivity contribution in [2.45, 2.75) is 6.54 Å². The third-order valence-corrected chi connectivity index (χ3v) is 4.13. The van der Waals surface area contributed by atoms with Crippen LogP contribution in [-0.2, 0) is 6.54 Å². The molecule has 2 heterocycles. The minimum Gasteiger partial charge on any atom is -0.349 e. The van der Waals surface area contributed by atoms with Gasteiger partial charge < -0.3 is 9.88 Å². The molecule has 3 aromatic rings. The number of benzene rings is 2. The molecule has 1 N–H and O–H groups in total. The van der Waals surface area contributed by atoms with E-state index in [1.165, 1.54) is 12.1 Å². The van der Waals surface area contributed by atoms with Crippen molar-refractivity contribution in [1.82, 2.24) is 9.88 Å². The molecular weight excluding hydrogens is 293 g/mol. The summed E-state index contributed by atoms with van der Waals surface area (Å²) < 4.78 is 15.2. The van der Waals surface area contributed by atoms with Crippen LogP contribution in [0.25, 0.3) is 22.0 Å². The predicted molar refractivity (Wildman–Crippen MR) is 84.4 cm³/mol. The molecule has 5 heteroatoms. The molecule has 0 saturated heterocycles. The fourth-order valence-electron chi connectivity index (χ4n) is 3.12. The molecule has 1 aromatic heterocycles. The molecule has 0 radical (unpaired) electrons. The number of fused-ring (bicyclic) bond motifs is 3. The highest BCUT2D eigenvalue weighted by Crippen LogP contribution is 2.33. The van der Waals surface area contributed by atoms with Crippen LogP contribution in [0.5, 0.6) is 0 Å². The standard InChI is InChI=1S/C18H12FN3O/c19-14-3-1-12(2-4-14)15-8-11(10-20)7-13-9-16-18(23)21-5-6-22(16)17(13)15/h1-4,7-9H,5-6H2,(H,21,23). The van der Waals surface area contributed by atoms with E-state index in [1.807, 2.05) is 4.57 Å². The minimum absolute atomic E-state index is 0.115. The molecule has 4 rings (SSSR count). The van der Waals surface area contributed by atoms with Crippen LogP contribution in [0.1, 0.15) is 16.1 Å². The lowest BCUT2D eigenvalue weighted by molar-refractivity contribution is 0.0929. The normalized spacial score (nSPS) is 13.5. The van der Waals surface area contributed by atoms with Gasteiger partial charge in [0.2, 0.25) is 0 Å². The molecule has 0 unspecified atom stereocenters. The average molecular weight is 305 g/mol. The number of amides is 1. The molecule has 1 aliphatic rings. The maximum Gasteiger partial charge on any atom is 0.268 e. The smallest absolute Gasteiger partial charge is 0.268 e. The summed E-state index contributed by atoms with van der Waals surface area (Å²) in [5, 5.41) is 12.9. The maximum absolute atomic E-state index is 13.2. The molecule has 2 aromatic carbocycles. The first-order valence-electron chi connectivity index (χ1n) is 7.29. The second kappa shape index (κ2) is 4.96. The molecule has 0 saturated carbocycles. The highest BCUT2D eigenvalue weighted by molar-refractivity contribution is 6.04. The summed E-state index contributed by atoms with van der Waals surface area (Å²) in [5.41, 5.74) is 3.66. The zero-order chi connectivity index (χ0) is 16.0. The first-order valence-corrected chi connectivity index (χ1v) is 7.29. The van der Waals surface area contributed by atoms with Gasteiger partial charge in [-0.1, -0.05) is 12.1 Å². The van der Waals surface area contributed by atoms with Crippen LogP contribution < -0.4 is 5.32 Å². The Hall–Kier alpha value is -3.13. The van der Waals surface area contributed by atoms with Crippen molar-refractivity contribution < 1.29 is 9.18 Å². The van der Waals surface area contributed by atoms with Crippen LogP contribution in [0.15, 0.2) is 42.5 Å². The molecule has 0 aliphatic carbocycles. The van der Waals surface area contributed by atoms with Crippen molar-refractivity contribution in [3.63, 3.8) is 0 Å². The third-order valence-electron chi connectivity index (χ3n) is 4.13. The topological polar surface area (TPSA) is 57.8 Å². The Kier molecular flexibility index (Phi) is 2.91. The second-order valence-electron chi connectivity index (χ2n) is 5.52. The molecule has 112 valence electrons. The summed E-state index contributed by atoms with van der Waals surface area (Å²) in [6.07, 6.45) is 0. The molecule has 1 amide bonds. The lowest BCUT2D eigenvalue weighted by atomic mass is 10.00. The monoisotopic (exact) mass is 305 g/mol. The molecule has 23 heavy (non-hydrogen) atoms. The Morgan fingerprint density at radius 3 is 2.70 bits per heavy atom. The second-order valence-corrected chi connectivity index (χ2v) is 5.52. The number of halogens is 1. The molecule has 1 aliphatic heterocycles. The number of rotatable bonds is 1. The molecule has 0 bridgehead atoms.